The molecule has 1 N–H and O–H groups in total. The van der Waals surface area contributed by atoms with Gasteiger partial charge >= 0.3 is 0 Å². The topological polar surface area (TPSA) is 29.9 Å². The molecule has 2 aromatic rings. The fourth-order valence-corrected chi connectivity index (χ4v) is 2.05. The predicted molar refractivity (Wildman–Crippen MR) is 75.1 cm³/mol. The quantitative estimate of drug-likeness (QED) is 0.893. The average molecular weight is 243 g/mol. The molecule has 0 aliphatic rings. The van der Waals surface area contributed by atoms with Crippen LogP contribution >= 0.6 is 0 Å². The van der Waals surface area contributed by atoms with E-state index in [1.165, 1.54) is 11.3 Å². The third-order valence-electron chi connectivity index (χ3n) is 3.29. The van der Waals surface area contributed by atoms with E-state index in [0.29, 0.717) is 12.0 Å². The molecule has 1 heterocycles. The molecule has 96 valence electrons. The molecule has 0 fully saturated rings. The van der Waals surface area contributed by atoms with E-state index < -0.39 is 0 Å². The van der Waals surface area contributed by atoms with Crippen molar-refractivity contribution < 1.29 is 0 Å². The van der Waals surface area contributed by atoms with Crippen molar-refractivity contribution in [2.24, 2.45) is 0 Å². The molecule has 1 unspecified atom stereocenters. The molecule has 0 saturated heterocycles. The minimum Gasteiger partial charge on any atom is -0.313 e. The van der Waals surface area contributed by atoms with Crippen molar-refractivity contribution in [1.82, 2.24) is 14.9 Å². The third-order valence-corrected chi connectivity index (χ3v) is 3.29. The van der Waals surface area contributed by atoms with Crippen LogP contribution in [0, 0.1) is 0 Å². The summed E-state index contributed by atoms with van der Waals surface area (Å²) in [7, 11) is 1.98. The van der Waals surface area contributed by atoms with Crippen LogP contribution in [0.2, 0.25) is 0 Å². The van der Waals surface area contributed by atoms with Gasteiger partial charge in [-0.1, -0.05) is 26.0 Å². The van der Waals surface area contributed by atoms with Crippen LogP contribution in [0.15, 0.2) is 36.7 Å². The van der Waals surface area contributed by atoms with Crippen molar-refractivity contribution in [1.29, 1.82) is 0 Å². The van der Waals surface area contributed by atoms with Gasteiger partial charge < -0.3 is 9.88 Å². The highest BCUT2D eigenvalue weighted by Gasteiger charge is 2.09. The Morgan fingerprint density at radius 3 is 2.33 bits per heavy atom. The van der Waals surface area contributed by atoms with Crippen molar-refractivity contribution in [2.45, 2.75) is 32.7 Å². The maximum absolute atomic E-state index is 4.42. The Kier molecular flexibility index (Phi) is 3.82. The summed E-state index contributed by atoms with van der Waals surface area (Å²) in [6.07, 6.45) is 3.88. The second kappa shape index (κ2) is 5.36. The molecule has 3 nitrogen and oxygen atoms in total. The van der Waals surface area contributed by atoms with E-state index >= 15 is 0 Å². The van der Waals surface area contributed by atoms with Crippen LogP contribution in [0.3, 0.4) is 0 Å². The summed E-state index contributed by atoms with van der Waals surface area (Å²) in [4.78, 5) is 4.42. The molecular weight excluding hydrogens is 222 g/mol. The summed E-state index contributed by atoms with van der Waals surface area (Å²) < 4.78 is 2.15. The van der Waals surface area contributed by atoms with Crippen LogP contribution in [0.25, 0.3) is 5.69 Å². The molecular formula is C15H21N3. The Morgan fingerprint density at radius 1 is 1.11 bits per heavy atom. The Balaban J connectivity index is 2.32. The largest absolute Gasteiger partial charge is 0.313 e. The first kappa shape index (κ1) is 12.8. The van der Waals surface area contributed by atoms with E-state index in [-0.39, 0.29) is 0 Å². The van der Waals surface area contributed by atoms with Crippen molar-refractivity contribution >= 4 is 0 Å². The first-order valence-corrected chi connectivity index (χ1v) is 6.44. The third kappa shape index (κ3) is 2.46. The van der Waals surface area contributed by atoms with Gasteiger partial charge in [0, 0.05) is 30.0 Å². The van der Waals surface area contributed by atoms with Crippen LogP contribution in [0.4, 0.5) is 0 Å². The highest BCUT2D eigenvalue weighted by Crippen LogP contribution is 2.19. The fourth-order valence-electron chi connectivity index (χ4n) is 2.05. The number of hydrogen-bond donors (Lipinski definition) is 1. The van der Waals surface area contributed by atoms with Gasteiger partial charge in [0.15, 0.2) is 0 Å². The maximum atomic E-state index is 4.42. The standard InChI is InChI=1S/C15H21N3/c1-11(2)15-17-9-10-18(15)14-7-5-13(6-8-14)12(3)16-4/h5-12,16H,1-4H3. The maximum Gasteiger partial charge on any atom is 0.115 e. The smallest absolute Gasteiger partial charge is 0.115 e. The molecule has 1 atom stereocenters. The molecule has 1 aromatic heterocycles. The number of imidazole rings is 1. The minimum absolute atomic E-state index is 0.381. The van der Waals surface area contributed by atoms with E-state index in [9.17, 15) is 0 Å². The fraction of sp³-hybridized carbons (Fsp3) is 0.400. The summed E-state index contributed by atoms with van der Waals surface area (Å²) in [6, 6.07) is 9.01. The lowest BCUT2D eigenvalue weighted by Gasteiger charge is -2.13. The van der Waals surface area contributed by atoms with Crippen molar-refractivity contribution in [2.75, 3.05) is 7.05 Å². The first-order valence-electron chi connectivity index (χ1n) is 6.44. The van der Waals surface area contributed by atoms with Gasteiger partial charge in [-0.2, -0.15) is 0 Å². The number of nitrogens with zero attached hydrogens (tertiary/aromatic N) is 2. The molecule has 2 rings (SSSR count). The molecule has 0 aliphatic carbocycles. The molecule has 0 amide bonds. The van der Waals surface area contributed by atoms with Crippen molar-refractivity contribution in [3.63, 3.8) is 0 Å². The molecule has 3 heteroatoms. The Bertz CT molecular complexity index is 497. The summed E-state index contributed by atoms with van der Waals surface area (Å²) >= 11 is 0. The number of benzene rings is 1. The lowest BCUT2D eigenvalue weighted by Crippen LogP contribution is -2.12. The van der Waals surface area contributed by atoms with E-state index in [0.717, 1.165) is 5.82 Å². The monoisotopic (exact) mass is 243 g/mol. The van der Waals surface area contributed by atoms with Crippen molar-refractivity contribution in [3.05, 3.63) is 48.0 Å². The van der Waals surface area contributed by atoms with E-state index in [1.807, 2.05) is 19.4 Å². The number of hydrogen-bond acceptors (Lipinski definition) is 2. The zero-order valence-corrected chi connectivity index (χ0v) is 11.5. The van der Waals surface area contributed by atoms with Crippen LogP contribution in [0.1, 0.15) is 44.1 Å². The molecule has 0 bridgehead atoms. The molecule has 18 heavy (non-hydrogen) atoms. The van der Waals surface area contributed by atoms with Gasteiger partial charge in [-0.3, -0.25) is 0 Å². The molecule has 0 radical (unpaired) electrons. The van der Waals surface area contributed by atoms with Crippen LogP contribution in [-0.2, 0) is 0 Å². The highest BCUT2D eigenvalue weighted by atomic mass is 15.1. The first-order chi connectivity index (χ1) is 8.63. The van der Waals surface area contributed by atoms with E-state index in [2.05, 4.69) is 59.9 Å². The van der Waals surface area contributed by atoms with Gasteiger partial charge in [0.25, 0.3) is 0 Å². The zero-order chi connectivity index (χ0) is 13.1. The van der Waals surface area contributed by atoms with E-state index in [4.69, 9.17) is 0 Å². The van der Waals surface area contributed by atoms with Crippen LogP contribution in [0.5, 0.6) is 0 Å². The van der Waals surface area contributed by atoms with Crippen molar-refractivity contribution in [3.8, 4) is 5.69 Å². The highest BCUT2D eigenvalue weighted by molar-refractivity contribution is 5.37. The summed E-state index contributed by atoms with van der Waals surface area (Å²) in [5.74, 6) is 1.53. The lowest BCUT2D eigenvalue weighted by molar-refractivity contribution is 0.652. The molecule has 0 aliphatic heterocycles. The van der Waals surface area contributed by atoms with Gasteiger partial charge in [-0.25, -0.2) is 4.98 Å². The van der Waals surface area contributed by atoms with E-state index in [1.54, 1.807) is 0 Å². The van der Waals surface area contributed by atoms with Gasteiger partial charge in [0.05, 0.1) is 0 Å². The van der Waals surface area contributed by atoms with Gasteiger partial charge in [0.2, 0.25) is 0 Å². The lowest BCUT2D eigenvalue weighted by atomic mass is 10.1. The predicted octanol–water partition coefficient (Wildman–Crippen LogP) is 3.28. The van der Waals surface area contributed by atoms with Crippen LogP contribution < -0.4 is 5.32 Å². The summed E-state index contributed by atoms with van der Waals surface area (Å²) in [6.45, 7) is 6.48. The Morgan fingerprint density at radius 2 is 1.78 bits per heavy atom. The SMILES string of the molecule is CNC(C)c1ccc(-n2ccnc2C(C)C)cc1. The van der Waals surface area contributed by atoms with Crippen LogP contribution in [-0.4, -0.2) is 16.6 Å². The number of aromatic nitrogens is 2. The number of nitrogens with one attached hydrogen (secondary N) is 1. The normalized spacial score (nSPS) is 12.9. The summed E-state index contributed by atoms with van der Waals surface area (Å²) in [5, 5.41) is 3.25. The van der Waals surface area contributed by atoms with Gasteiger partial charge in [-0.15, -0.1) is 0 Å². The zero-order valence-electron chi connectivity index (χ0n) is 11.5. The second-order valence-corrected chi connectivity index (χ2v) is 4.91. The molecule has 1 aromatic carbocycles. The number of rotatable bonds is 4. The Hall–Kier alpha value is -1.61. The molecule has 0 saturated carbocycles. The second-order valence-electron chi connectivity index (χ2n) is 4.91. The van der Waals surface area contributed by atoms with Gasteiger partial charge in [-0.05, 0) is 31.7 Å². The molecule has 0 spiro atoms. The van der Waals surface area contributed by atoms with Gasteiger partial charge in [0.1, 0.15) is 5.82 Å². The Labute approximate surface area is 109 Å². The average Bonchev–Trinajstić information content (AvgIpc) is 2.87. The summed E-state index contributed by atoms with van der Waals surface area (Å²) in [5.41, 5.74) is 2.47. The minimum atomic E-state index is 0.381.